The number of aryl methyl sites for hydroxylation is 1. The molecule has 1 amide bonds. The molecule has 1 aliphatic heterocycles. The zero-order chi connectivity index (χ0) is 21.5. The lowest BCUT2D eigenvalue weighted by Crippen LogP contribution is -2.29. The molecule has 1 aromatic carbocycles. The van der Waals surface area contributed by atoms with Crippen LogP contribution < -0.4 is 15.9 Å². The monoisotopic (exact) mass is 457 g/mol. The van der Waals surface area contributed by atoms with Crippen LogP contribution >= 0.6 is 22.9 Å². The van der Waals surface area contributed by atoms with Crippen molar-refractivity contribution in [2.24, 2.45) is 0 Å². The number of hydrogen-bond donors (Lipinski definition) is 1. The van der Waals surface area contributed by atoms with E-state index < -0.39 is 11.6 Å². The minimum Gasteiger partial charge on any atom is -0.348 e. The zero-order valence-electron chi connectivity index (χ0n) is 16.8. The van der Waals surface area contributed by atoms with Gasteiger partial charge in [-0.05, 0) is 43.9 Å². The summed E-state index contributed by atoms with van der Waals surface area (Å²) in [7, 11) is 0. The molecular formula is C20H20ClN7O2S. The molecule has 9 nitrogen and oxygen atoms in total. The second-order valence-corrected chi connectivity index (χ2v) is 8.99. The summed E-state index contributed by atoms with van der Waals surface area (Å²) in [5.41, 5.74) is 2.07. The first-order chi connectivity index (χ1) is 15.0. The number of carbonyl (C=O) groups excluding carboxylic acids is 1. The van der Waals surface area contributed by atoms with Crippen LogP contribution in [0.15, 0.2) is 29.3 Å². The molecule has 0 saturated carbocycles. The van der Waals surface area contributed by atoms with Gasteiger partial charge in [0, 0.05) is 13.1 Å². The Hall–Kier alpha value is -2.98. The van der Waals surface area contributed by atoms with Gasteiger partial charge >= 0.3 is 5.69 Å². The number of amides is 1. The molecule has 3 aromatic heterocycles. The molecule has 0 aliphatic carbocycles. The van der Waals surface area contributed by atoms with Crippen LogP contribution in [0.5, 0.6) is 0 Å². The lowest BCUT2D eigenvalue weighted by molar-refractivity contribution is -0.117. The molecule has 4 aromatic rings. The zero-order valence-corrected chi connectivity index (χ0v) is 18.4. The fraction of sp³-hybridized carbons (Fsp3) is 0.350. The van der Waals surface area contributed by atoms with Crippen LogP contribution in [0.4, 0.5) is 10.8 Å². The lowest BCUT2D eigenvalue weighted by atomic mass is 10.1. The van der Waals surface area contributed by atoms with E-state index in [2.05, 4.69) is 25.3 Å². The molecule has 0 bridgehead atoms. The van der Waals surface area contributed by atoms with Gasteiger partial charge in [-0.2, -0.15) is 4.98 Å². The molecule has 11 heteroatoms. The Kier molecular flexibility index (Phi) is 5.11. The molecule has 0 spiro atoms. The van der Waals surface area contributed by atoms with E-state index in [1.54, 1.807) is 12.1 Å². The Morgan fingerprint density at radius 2 is 2.06 bits per heavy atom. The summed E-state index contributed by atoms with van der Waals surface area (Å²) < 4.78 is 3.22. The molecule has 5 rings (SSSR count). The quantitative estimate of drug-likeness (QED) is 0.505. The van der Waals surface area contributed by atoms with Crippen LogP contribution in [0.1, 0.15) is 24.8 Å². The van der Waals surface area contributed by atoms with Crippen molar-refractivity contribution in [3.63, 3.8) is 0 Å². The highest BCUT2D eigenvalue weighted by Gasteiger charge is 2.20. The summed E-state index contributed by atoms with van der Waals surface area (Å²) in [5, 5.41) is 8.47. The highest BCUT2D eigenvalue weighted by atomic mass is 35.5. The van der Waals surface area contributed by atoms with Gasteiger partial charge in [0.2, 0.25) is 5.91 Å². The van der Waals surface area contributed by atoms with Crippen molar-refractivity contribution in [3.8, 4) is 0 Å². The molecule has 31 heavy (non-hydrogen) atoms. The van der Waals surface area contributed by atoms with Crippen molar-refractivity contribution < 1.29 is 4.79 Å². The summed E-state index contributed by atoms with van der Waals surface area (Å²) in [4.78, 5) is 36.5. The number of fused-ring (bicyclic) bond motifs is 3. The highest BCUT2D eigenvalue weighted by molar-refractivity contribution is 7.22. The molecule has 0 radical (unpaired) electrons. The molecule has 4 heterocycles. The molecule has 1 N–H and O–H groups in total. The number of rotatable bonds is 4. The highest BCUT2D eigenvalue weighted by Crippen LogP contribution is 2.31. The van der Waals surface area contributed by atoms with Crippen LogP contribution in [0.3, 0.4) is 0 Å². The Morgan fingerprint density at radius 1 is 1.26 bits per heavy atom. The van der Waals surface area contributed by atoms with E-state index in [0.717, 1.165) is 46.0 Å². The van der Waals surface area contributed by atoms with Crippen molar-refractivity contribution in [3.05, 3.63) is 45.6 Å². The number of piperidine rings is 1. The minimum absolute atomic E-state index is 0.232. The molecule has 1 fully saturated rings. The van der Waals surface area contributed by atoms with Crippen molar-refractivity contribution >= 4 is 55.7 Å². The Labute approximate surface area is 186 Å². The standard InChI is InChI=1S/C20H20ClN7O2S/c1-12-5-6-14(13(21)9-12)23-15(29)10-28-20(30)27-11-22-17-16(18(27)25-28)31-19(24-17)26-7-3-2-4-8-26/h5-6,9,11H,2-4,7-8,10H2,1H3,(H,23,29). The number of carbonyl (C=O) groups is 1. The fourth-order valence-corrected chi connectivity index (χ4v) is 5.03. The number of nitrogens with zero attached hydrogens (tertiary/aromatic N) is 6. The lowest BCUT2D eigenvalue weighted by Gasteiger charge is -2.25. The number of benzene rings is 1. The maximum atomic E-state index is 12.8. The average molecular weight is 458 g/mol. The van der Waals surface area contributed by atoms with Gasteiger partial charge in [0.1, 0.15) is 17.6 Å². The smallest absolute Gasteiger partial charge is 0.348 e. The average Bonchev–Trinajstić information content (AvgIpc) is 3.33. The van der Waals surface area contributed by atoms with E-state index in [-0.39, 0.29) is 6.54 Å². The van der Waals surface area contributed by atoms with Gasteiger partial charge in [-0.1, -0.05) is 29.0 Å². The molecule has 0 unspecified atom stereocenters. The van der Waals surface area contributed by atoms with E-state index in [0.29, 0.717) is 22.0 Å². The summed E-state index contributed by atoms with van der Waals surface area (Å²) in [5.74, 6) is -0.390. The predicted octanol–water partition coefficient (Wildman–Crippen LogP) is 3.09. The summed E-state index contributed by atoms with van der Waals surface area (Å²) in [6.07, 6.45) is 4.94. The Balaban J connectivity index is 1.44. The van der Waals surface area contributed by atoms with Gasteiger partial charge in [-0.25, -0.2) is 18.9 Å². The SMILES string of the molecule is Cc1ccc(NC(=O)Cn2nc3c4sc(N5CCCCC5)nc4ncn3c2=O)c(Cl)c1. The second kappa shape index (κ2) is 7.93. The van der Waals surface area contributed by atoms with E-state index in [1.165, 1.54) is 28.5 Å². The van der Waals surface area contributed by atoms with Crippen molar-refractivity contribution in [2.45, 2.75) is 32.7 Å². The third-order valence-corrected chi connectivity index (χ3v) is 6.70. The number of nitrogens with one attached hydrogen (secondary N) is 1. The number of thiazole rings is 1. The minimum atomic E-state index is -0.428. The number of aromatic nitrogens is 5. The van der Waals surface area contributed by atoms with Crippen molar-refractivity contribution in [2.75, 3.05) is 23.3 Å². The van der Waals surface area contributed by atoms with Gasteiger partial charge < -0.3 is 10.2 Å². The van der Waals surface area contributed by atoms with Gasteiger partial charge in [-0.15, -0.1) is 5.10 Å². The first kappa shape index (κ1) is 20.0. The fourth-order valence-electron chi connectivity index (χ4n) is 3.70. The van der Waals surface area contributed by atoms with Crippen LogP contribution in [0.25, 0.3) is 16.0 Å². The topological polar surface area (TPSA) is 97.4 Å². The van der Waals surface area contributed by atoms with Crippen molar-refractivity contribution in [1.82, 2.24) is 24.1 Å². The van der Waals surface area contributed by atoms with Crippen molar-refractivity contribution in [1.29, 1.82) is 0 Å². The third kappa shape index (κ3) is 3.77. The first-order valence-corrected chi connectivity index (χ1v) is 11.2. The summed E-state index contributed by atoms with van der Waals surface area (Å²) >= 11 is 7.66. The second-order valence-electron chi connectivity index (χ2n) is 7.61. The molecule has 160 valence electrons. The van der Waals surface area contributed by atoms with Crippen LogP contribution in [-0.4, -0.2) is 43.1 Å². The predicted molar refractivity (Wildman–Crippen MR) is 121 cm³/mol. The summed E-state index contributed by atoms with van der Waals surface area (Å²) in [6.45, 7) is 3.63. The molecule has 1 aliphatic rings. The molecular weight excluding hydrogens is 438 g/mol. The van der Waals surface area contributed by atoms with Crippen LogP contribution in [-0.2, 0) is 11.3 Å². The van der Waals surface area contributed by atoms with Gasteiger partial charge in [-0.3, -0.25) is 4.79 Å². The molecule has 0 atom stereocenters. The van der Waals surface area contributed by atoms with E-state index in [1.807, 2.05) is 13.0 Å². The number of hydrogen-bond acceptors (Lipinski definition) is 7. The van der Waals surface area contributed by atoms with E-state index in [4.69, 9.17) is 11.6 Å². The maximum Gasteiger partial charge on any atom is 0.352 e. The van der Waals surface area contributed by atoms with Crippen LogP contribution in [0.2, 0.25) is 5.02 Å². The molecule has 1 saturated heterocycles. The van der Waals surface area contributed by atoms with Gasteiger partial charge in [0.25, 0.3) is 0 Å². The largest absolute Gasteiger partial charge is 0.352 e. The number of halogens is 1. The Morgan fingerprint density at radius 3 is 2.84 bits per heavy atom. The van der Waals surface area contributed by atoms with E-state index in [9.17, 15) is 9.59 Å². The normalized spacial score (nSPS) is 14.5. The Bertz CT molecular complexity index is 1350. The number of anilines is 2. The van der Waals surface area contributed by atoms with E-state index >= 15 is 0 Å². The van der Waals surface area contributed by atoms with Crippen LogP contribution in [0, 0.1) is 6.92 Å². The van der Waals surface area contributed by atoms with Gasteiger partial charge in [0.15, 0.2) is 16.4 Å². The maximum absolute atomic E-state index is 12.8. The third-order valence-electron chi connectivity index (χ3n) is 5.29. The summed E-state index contributed by atoms with van der Waals surface area (Å²) in [6, 6.07) is 5.35. The van der Waals surface area contributed by atoms with Gasteiger partial charge in [0.05, 0.1) is 10.7 Å². The first-order valence-electron chi connectivity index (χ1n) is 10.1.